The number of carbonyl (C=O) groups is 1. The molecular formula is C11H11ClF3N3O2. The standard InChI is InChI=1S/C11H11ClF3N3O2/c12-7-1-5(11(13,14)15)2-17-10(7)18-8-4-20-3-6(8)9(16)19/h1-2,6,8H,3-4H2,(H2,16,19)(H,17,18)/t6-,8+/m1/s1. The van der Waals surface area contributed by atoms with E-state index in [9.17, 15) is 18.0 Å². The summed E-state index contributed by atoms with van der Waals surface area (Å²) in [5.74, 6) is -1.07. The summed E-state index contributed by atoms with van der Waals surface area (Å²) in [7, 11) is 0. The van der Waals surface area contributed by atoms with Crippen molar-refractivity contribution < 1.29 is 22.7 Å². The lowest BCUT2D eigenvalue weighted by atomic mass is 10.0. The van der Waals surface area contributed by atoms with Gasteiger partial charge in [0.25, 0.3) is 0 Å². The molecule has 0 bridgehead atoms. The molecule has 9 heteroatoms. The van der Waals surface area contributed by atoms with Crippen LogP contribution in [-0.4, -0.2) is 30.1 Å². The fourth-order valence-corrected chi connectivity index (χ4v) is 2.07. The Hall–Kier alpha value is -1.54. The molecule has 20 heavy (non-hydrogen) atoms. The monoisotopic (exact) mass is 309 g/mol. The van der Waals surface area contributed by atoms with Crippen LogP contribution in [0, 0.1) is 5.92 Å². The molecule has 0 saturated carbocycles. The number of primary amides is 1. The van der Waals surface area contributed by atoms with Gasteiger partial charge in [-0.15, -0.1) is 0 Å². The number of pyridine rings is 1. The Kier molecular flexibility index (Phi) is 4.05. The fraction of sp³-hybridized carbons (Fsp3) is 0.455. The first kappa shape index (κ1) is 14.9. The lowest BCUT2D eigenvalue weighted by Gasteiger charge is -2.18. The normalized spacial score (nSPS) is 22.8. The van der Waals surface area contributed by atoms with E-state index in [2.05, 4.69) is 10.3 Å². The van der Waals surface area contributed by atoms with E-state index in [-0.39, 0.29) is 24.1 Å². The molecule has 5 nitrogen and oxygen atoms in total. The Balaban J connectivity index is 2.16. The van der Waals surface area contributed by atoms with Gasteiger partial charge < -0.3 is 15.8 Å². The van der Waals surface area contributed by atoms with Gasteiger partial charge in [0, 0.05) is 6.20 Å². The van der Waals surface area contributed by atoms with Gasteiger partial charge in [0.15, 0.2) is 0 Å². The number of hydrogen-bond acceptors (Lipinski definition) is 4. The highest BCUT2D eigenvalue weighted by Gasteiger charge is 2.34. The fourth-order valence-electron chi connectivity index (χ4n) is 1.85. The number of ether oxygens (including phenoxy) is 1. The quantitative estimate of drug-likeness (QED) is 0.890. The summed E-state index contributed by atoms with van der Waals surface area (Å²) in [4.78, 5) is 14.8. The first-order valence-corrected chi connectivity index (χ1v) is 6.03. The van der Waals surface area contributed by atoms with E-state index >= 15 is 0 Å². The topological polar surface area (TPSA) is 77.2 Å². The lowest BCUT2D eigenvalue weighted by Crippen LogP contribution is -2.37. The molecular weight excluding hydrogens is 299 g/mol. The van der Waals surface area contributed by atoms with Crippen LogP contribution < -0.4 is 11.1 Å². The van der Waals surface area contributed by atoms with Crippen molar-refractivity contribution in [3.8, 4) is 0 Å². The molecule has 1 aliphatic heterocycles. The average molecular weight is 310 g/mol. The van der Waals surface area contributed by atoms with Crippen molar-refractivity contribution in [3.63, 3.8) is 0 Å². The van der Waals surface area contributed by atoms with Crippen molar-refractivity contribution in [2.75, 3.05) is 18.5 Å². The molecule has 2 heterocycles. The molecule has 2 atom stereocenters. The number of halogens is 4. The van der Waals surface area contributed by atoms with E-state index in [1.165, 1.54) is 0 Å². The van der Waals surface area contributed by atoms with Crippen LogP contribution in [0.15, 0.2) is 12.3 Å². The lowest BCUT2D eigenvalue weighted by molar-refractivity contribution is -0.137. The van der Waals surface area contributed by atoms with Crippen molar-refractivity contribution in [1.29, 1.82) is 0 Å². The summed E-state index contributed by atoms with van der Waals surface area (Å²) in [6.45, 7) is 0.359. The third-order valence-electron chi connectivity index (χ3n) is 2.94. The van der Waals surface area contributed by atoms with Crippen LogP contribution in [0.1, 0.15) is 5.56 Å². The molecule has 110 valence electrons. The molecule has 1 aromatic rings. The number of alkyl halides is 3. The highest BCUT2D eigenvalue weighted by atomic mass is 35.5. The molecule has 0 unspecified atom stereocenters. The minimum absolute atomic E-state index is 0.0569. The van der Waals surface area contributed by atoms with Crippen LogP contribution in [0.3, 0.4) is 0 Å². The second kappa shape index (κ2) is 5.45. The number of amides is 1. The number of hydrogen-bond donors (Lipinski definition) is 2. The minimum Gasteiger partial charge on any atom is -0.378 e. The summed E-state index contributed by atoms with van der Waals surface area (Å²) in [6, 6.07) is 0.306. The van der Waals surface area contributed by atoms with Gasteiger partial charge in [-0.05, 0) is 6.07 Å². The van der Waals surface area contributed by atoms with Gasteiger partial charge in [-0.25, -0.2) is 4.98 Å². The number of nitrogens with zero attached hydrogens (tertiary/aromatic N) is 1. The van der Waals surface area contributed by atoms with Gasteiger partial charge >= 0.3 is 6.18 Å². The predicted octanol–water partition coefficient (Wildman–Crippen LogP) is 1.67. The average Bonchev–Trinajstić information content (AvgIpc) is 2.78. The highest BCUT2D eigenvalue weighted by molar-refractivity contribution is 6.33. The molecule has 1 saturated heterocycles. The number of nitrogens with two attached hydrogens (primary N) is 1. The second-order valence-corrected chi connectivity index (χ2v) is 4.76. The van der Waals surface area contributed by atoms with Crippen LogP contribution in [0.4, 0.5) is 19.0 Å². The number of aromatic nitrogens is 1. The van der Waals surface area contributed by atoms with E-state index in [4.69, 9.17) is 22.1 Å². The van der Waals surface area contributed by atoms with Gasteiger partial charge in [0.1, 0.15) is 5.82 Å². The molecule has 1 amide bonds. The predicted molar refractivity (Wildman–Crippen MR) is 65.2 cm³/mol. The van der Waals surface area contributed by atoms with Crippen LogP contribution in [-0.2, 0) is 15.7 Å². The SMILES string of the molecule is NC(=O)[C@@H]1COC[C@@H]1Nc1ncc(C(F)(F)F)cc1Cl. The van der Waals surface area contributed by atoms with E-state index in [0.29, 0.717) is 6.20 Å². The molecule has 0 spiro atoms. The third kappa shape index (κ3) is 3.13. The molecule has 1 aliphatic rings. The smallest absolute Gasteiger partial charge is 0.378 e. The van der Waals surface area contributed by atoms with Gasteiger partial charge in [0.2, 0.25) is 5.91 Å². The maximum Gasteiger partial charge on any atom is 0.417 e. The van der Waals surface area contributed by atoms with E-state index in [1.807, 2.05) is 0 Å². The zero-order valence-electron chi connectivity index (χ0n) is 10.1. The van der Waals surface area contributed by atoms with Gasteiger partial charge in [0.05, 0.1) is 35.8 Å². The summed E-state index contributed by atoms with van der Waals surface area (Å²) in [5, 5.41) is 2.60. The van der Waals surface area contributed by atoms with E-state index in [0.717, 1.165) is 6.07 Å². The zero-order chi connectivity index (χ0) is 14.9. The van der Waals surface area contributed by atoms with Crippen molar-refractivity contribution in [1.82, 2.24) is 4.98 Å². The van der Waals surface area contributed by atoms with Crippen molar-refractivity contribution >= 4 is 23.3 Å². The summed E-state index contributed by atoms with van der Waals surface area (Å²) < 4.78 is 42.5. The first-order valence-electron chi connectivity index (χ1n) is 5.65. The van der Waals surface area contributed by atoms with Crippen molar-refractivity contribution in [2.45, 2.75) is 12.2 Å². The number of carbonyl (C=O) groups excluding carboxylic acids is 1. The molecule has 1 aromatic heterocycles. The minimum atomic E-state index is -4.51. The Bertz CT molecular complexity index is 524. The third-order valence-corrected chi connectivity index (χ3v) is 3.22. The zero-order valence-corrected chi connectivity index (χ0v) is 10.8. The van der Waals surface area contributed by atoms with E-state index in [1.54, 1.807) is 0 Å². The molecule has 0 aliphatic carbocycles. The van der Waals surface area contributed by atoms with Gasteiger partial charge in [-0.2, -0.15) is 13.2 Å². The maximum atomic E-state index is 12.5. The maximum absolute atomic E-state index is 12.5. The Morgan fingerprint density at radius 2 is 2.20 bits per heavy atom. The molecule has 3 N–H and O–H groups in total. The molecule has 2 rings (SSSR count). The second-order valence-electron chi connectivity index (χ2n) is 4.35. The highest BCUT2D eigenvalue weighted by Crippen LogP contribution is 2.33. The van der Waals surface area contributed by atoms with E-state index < -0.39 is 29.6 Å². The number of anilines is 1. The Labute approximate surface area is 117 Å². The van der Waals surface area contributed by atoms with Gasteiger partial charge in [-0.1, -0.05) is 11.6 Å². The molecule has 0 radical (unpaired) electrons. The van der Waals surface area contributed by atoms with Crippen LogP contribution >= 0.6 is 11.6 Å². The summed E-state index contributed by atoms with van der Waals surface area (Å²) in [6.07, 6.45) is -3.84. The van der Waals surface area contributed by atoms with Crippen LogP contribution in [0.2, 0.25) is 5.02 Å². The van der Waals surface area contributed by atoms with Crippen molar-refractivity contribution in [3.05, 3.63) is 22.8 Å². The number of rotatable bonds is 3. The van der Waals surface area contributed by atoms with Crippen LogP contribution in [0.25, 0.3) is 0 Å². The molecule has 0 aromatic carbocycles. The largest absolute Gasteiger partial charge is 0.417 e. The molecule has 1 fully saturated rings. The Morgan fingerprint density at radius 1 is 1.50 bits per heavy atom. The van der Waals surface area contributed by atoms with Crippen molar-refractivity contribution in [2.24, 2.45) is 11.7 Å². The Morgan fingerprint density at radius 3 is 2.75 bits per heavy atom. The number of nitrogens with one attached hydrogen (secondary N) is 1. The summed E-state index contributed by atoms with van der Waals surface area (Å²) in [5.41, 5.74) is 4.26. The summed E-state index contributed by atoms with van der Waals surface area (Å²) >= 11 is 5.76. The first-order chi connectivity index (χ1) is 9.29. The van der Waals surface area contributed by atoms with Gasteiger partial charge in [-0.3, -0.25) is 4.79 Å². The van der Waals surface area contributed by atoms with Crippen LogP contribution in [0.5, 0.6) is 0 Å².